The molecule has 3 aromatic carbocycles. The molecule has 2 aliphatic heterocycles. The number of benzene rings is 3. The Labute approximate surface area is 207 Å². The van der Waals surface area contributed by atoms with Gasteiger partial charge in [-0.3, -0.25) is 9.79 Å². The number of dihydropyridines is 1. The molecule has 2 heterocycles. The van der Waals surface area contributed by atoms with Crippen molar-refractivity contribution in [2.75, 3.05) is 23.4 Å². The Hall–Kier alpha value is -3.13. The fourth-order valence-electron chi connectivity index (χ4n) is 4.21. The van der Waals surface area contributed by atoms with Crippen LogP contribution in [0.5, 0.6) is 11.5 Å². The third kappa shape index (κ3) is 4.53. The highest BCUT2D eigenvalue weighted by Crippen LogP contribution is 2.34. The molecule has 0 aliphatic carbocycles. The molecule has 5 rings (SSSR count). The maximum Gasteiger partial charge on any atom is 0.258 e. The highest BCUT2D eigenvalue weighted by molar-refractivity contribution is 14.1. The van der Waals surface area contributed by atoms with Gasteiger partial charge in [0, 0.05) is 58.0 Å². The third-order valence-electron chi connectivity index (χ3n) is 5.99. The van der Waals surface area contributed by atoms with Crippen molar-refractivity contribution in [2.45, 2.75) is 19.9 Å². The van der Waals surface area contributed by atoms with Gasteiger partial charge in [0.15, 0.2) is 0 Å². The van der Waals surface area contributed by atoms with Gasteiger partial charge in [-0.15, -0.1) is 0 Å². The van der Waals surface area contributed by atoms with Crippen LogP contribution in [0.25, 0.3) is 0 Å². The predicted octanol–water partition coefficient (Wildman–Crippen LogP) is 6.43. The van der Waals surface area contributed by atoms with Crippen molar-refractivity contribution in [1.29, 1.82) is 0 Å². The molecule has 0 atom stereocenters. The summed E-state index contributed by atoms with van der Waals surface area (Å²) in [5.41, 5.74) is 6.00. The molecule has 0 spiro atoms. The van der Waals surface area contributed by atoms with Gasteiger partial charge in [0.1, 0.15) is 11.5 Å². The second-order valence-corrected chi connectivity index (χ2v) is 9.50. The summed E-state index contributed by atoms with van der Waals surface area (Å²) in [4.78, 5) is 21.6. The van der Waals surface area contributed by atoms with Gasteiger partial charge in [-0.05, 0) is 95.8 Å². The molecular weight excluding hydrogens is 525 g/mol. The van der Waals surface area contributed by atoms with Crippen LogP contribution in [0.4, 0.5) is 11.4 Å². The van der Waals surface area contributed by atoms with Crippen LogP contribution in [0.15, 0.2) is 83.5 Å². The number of aliphatic imine (C=N–C) groups is 1. The van der Waals surface area contributed by atoms with E-state index in [1.54, 1.807) is 0 Å². The number of amides is 1. The molecule has 0 saturated carbocycles. The van der Waals surface area contributed by atoms with Crippen molar-refractivity contribution in [2.24, 2.45) is 4.99 Å². The molecule has 1 amide bonds. The number of anilines is 2. The van der Waals surface area contributed by atoms with Crippen molar-refractivity contribution in [3.8, 4) is 11.5 Å². The first-order valence-electron chi connectivity index (χ1n) is 10.9. The molecule has 2 aliphatic rings. The lowest BCUT2D eigenvalue weighted by molar-refractivity contribution is 0.0996. The summed E-state index contributed by atoms with van der Waals surface area (Å²) in [7, 11) is 2.08. The highest BCUT2D eigenvalue weighted by atomic mass is 127. The van der Waals surface area contributed by atoms with Gasteiger partial charge < -0.3 is 14.5 Å². The van der Waals surface area contributed by atoms with Gasteiger partial charge >= 0.3 is 0 Å². The Morgan fingerprint density at radius 3 is 2.64 bits per heavy atom. The first kappa shape index (κ1) is 21.7. The zero-order valence-corrected chi connectivity index (χ0v) is 20.7. The fraction of sp³-hybridized carbons (Fsp3) is 0.185. The number of nitrogens with zero attached hydrogens (tertiary/aromatic N) is 3. The molecule has 0 bridgehead atoms. The minimum absolute atomic E-state index is 0.0190. The van der Waals surface area contributed by atoms with Gasteiger partial charge in [0.25, 0.3) is 5.91 Å². The monoisotopic (exact) mass is 549 g/mol. The van der Waals surface area contributed by atoms with E-state index in [1.165, 1.54) is 5.70 Å². The molecule has 0 radical (unpaired) electrons. The lowest BCUT2D eigenvalue weighted by atomic mass is 10.1. The summed E-state index contributed by atoms with van der Waals surface area (Å²) < 4.78 is 7.16. The summed E-state index contributed by atoms with van der Waals surface area (Å²) >= 11 is 2.27. The highest BCUT2D eigenvalue weighted by Gasteiger charge is 2.29. The largest absolute Gasteiger partial charge is 0.457 e. The first-order valence-corrected chi connectivity index (χ1v) is 12.0. The number of fused-ring (bicyclic) bond motifs is 1. The van der Waals surface area contributed by atoms with Crippen LogP contribution in [0.1, 0.15) is 29.3 Å². The van der Waals surface area contributed by atoms with Crippen LogP contribution in [0.2, 0.25) is 0 Å². The molecular formula is C27H24IN3O2. The van der Waals surface area contributed by atoms with Gasteiger partial charge in [0.05, 0.1) is 6.54 Å². The van der Waals surface area contributed by atoms with Crippen LogP contribution in [-0.4, -0.2) is 25.2 Å². The predicted molar refractivity (Wildman–Crippen MR) is 142 cm³/mol. The average molecular weight is 549 g/mol. The van der Waals surface area contributed by atoms with Crippen molar-refractivity contribution >= 4 is 45.6 Å². The molecule has 3 aromatic rings. The molecule has 0 fully saturated rings. The minimum atomic E-state index is 0.0190. The summed E-state index contributed by atoms with van der Waals surface area (Å²) in [5.74, 6) is 1.50. The zero-order chi connectivity index (χ0) is 22.9. The Kier molecular flexibility index (Phi) is 5.93. The Bertz CT molecular complexity index is 1280. The lowest BCUT2D eigenvalue weighted by Gasteiger charge is -2.25. The molecule has 166 valence electrons. The van der Waals surface area contributed by atoms with Crippen LogP contribution in [0, 0.1) is 3.57 Å². The van der Waals surface area contributed by atoms with E-state index in [2.05, 4.69) is 51.7 Å². The summed E-state index contributed by atoms with van der Waals surface area (Å²) in [5, 5.41) is 0. The number of hydrogen-bond acceptors (Lipinski definition) is 4. The molecule has 5 nitrogen and oxygen atoms in total. The molecule has 0 aromatic heterocycles. The SMILES string of the molecule is CC1=NCCC(N(C)c2ccc3c(c2)CN(c2cccc(Oc4ccc(I)cc4)c2)C3=O)=C1. The number of carbonyl (C=O) groups excluding carboxylic acids is 1. The minimum Gasteiger partial charge on any atom is -0.457 e. The third-order valence-corrected chi connectivity index (χ3v) is 6.71. The van der Waals surface area contributed by atoms with Crippen molar-refractivity contribution < 1.29 is 9.53 Å². The molecule has 0 N–H and O–H groups in total. The number of hydrogen-bond donors (Lipinski definition) is 0. The fourth-order valence-corrected chi connectivity index (χ4v) is 4.57. The van der Waals surface area contributed by atoms with Crippen molar-refractivity contribution in [1.82, 2.24) is 0 Å². The molecule has 33 heavy (non-hydrogen) atoms. The van der Waals surface area contributed by atoms with E-state index < -0.39 is 0 Å². The van der Waals surface area contributed by atoms with E-state index in [-0.39, 0.29) is 5.91 Å². The van der Waals surface area contributed by atoms with Gasteiger partial charge in [0.2, 0.25) is 0 Å². The van der Waals surface area contributed by atoms with Crippen LogP contribution in [-0.2, 0) is 6.54 Å². The van der Waals surface area contributed by atoms with E-state index in [9.17, 15) is 4.79 Å². The van der Waals surface area contributed by atoms with Gasteiger partial charge in [-0.2, -0.15) is 0 Å². The number of halogens is 1. The van der Waals surface area contributed by atoms with Crippen LogP contribution < -0.4 is 14.5 Å². The quantitative estimate of drug-likeness (QED) is 0.345. The summed E-state index contributed by atoms with van der Waals surface area (Å²) in [6.45, 7) is 3.39. The van der Waals surface area contributed by atoms with E-state index in [1.807, 2.05) is 72.5 Å². The maximum atomic E-state index is 13.2. The summed E-state index contributed by atoms with van der Waals surface area (Å²) in [6, 6.07) is 21.7. The molecule has 0 unspecified atom stereocenters. The van der Waals surface area contributed by atoms with Crippen LogP contribution >= 0.6 is 22.6 Å². The molecule has 6 heteroatoms. The second-order valence-electron chi connectivity index (χ2n) is 8.25. The van der Waals surface area contributed by atoms with Crippen LogP contribution in [0.3, 0.4) is 0 Å². The summed E-state index contributed by atoms with van der Waals surface area (Å²) in [6.07, 6.45) is 3.05. The molecule has 0 saturated heterocycles. The maximum absolute atomic E-state index is 13.2. The normalized spacial score (nSPS) is 15.1. The lowest BCUT2D eigenvalue weighted by Crippen LogP contribution is -2.22. The van der Waals surface area contributed by atoms with Crippen molar-refractivity contribution in [3.63, 3.8) is 0 Å². The zero-order valence-electron chi connectivity index (χ0n) is 18.6. The average Bonchev–Trinajstić information content (AvgIpc) is 3.16. The number of carbonyl (C=O) groups is 1. The second kappa shape index (κ2) is 9.02. The number of allylic oxidation sites excluding steroid dienone is 1. The van der Waals surface area contributed by atoms with E-state index in [0.717, 1.165) is 50.5 Å². The number of rotatable bonds is 5. The van der Waals surface area contributed by atoms with E-state index >= 15 is 0 Å². The van der Waals surface area contributed by atoms with E-state index in [4.69, 9.17) is 4.74 Å². The Balaban J connectivity index is 1.37. The van der Waals surface area contributed by atoms with E-state index in [0.29, 0.717) is 12.3 Å². The topological polar surface area (TPSA) is 45.1 Å². The standard InChI is InChI=1S/C27H24IN3O2/c1-18-14-22(12-13-29-18)30(2)21-8-11-26-19(15-21)17-31(27(26)32)23-4-3-5-25(16-23)33-24-9-6-20(28)7-10-24/h3-11,14-16H,12-13,17H2,1-2H3. The smallest absolute Gasteiger partial charge is 0.258 e. The Morgan fingerprint density at radius 1 is 1.03 bits per heavy atom. The van der Waals surface area contributed by atoms with Crippen molar-refractivity contribution in [3.05, 3.63) is 93.2 Å². The Morgan fingerprint density at radius 2 is 1.85 bits per heavy atom. The first-order chi connectivity index (χ1) is 16.0. The van der Waals surface area contributed by atoms with Gasteiger partial charge in [-0.1, -0.05) is 6.07 Å². The number of ether oxygens (including phenoxy) is 1. The van der Waals surface area contributed by atoms with Gasteiger partial charge in [-0.25, -0.2) is 0 Å².